The number of benzene rings is 1. The highest BCUT2D eigenvalue weighted by molar-refractivity contribution is 5.79. The molecule has 6 aliphatic rings. The molecule has 0 bridgehead atoms. The monoisotopic (exact) mass is 859 g/mol. The minimum absolute atomic E-state index is 0.00887. The van der Waals surface area contributed by atoms with Crippen LogP contribution in [-0.4, -0.2) is 136 Å². The molecule has 5 fully saturated rings. The highest BCUT2D eigenvalue weighted by Gasteiger charge is 2.55. The number of aliphatic hydroxyl groups excluding tert-OH is 2. The average molecular weight is 860 g/mol. The van der Waals surface area contributed by atoms with Crippen LogP contribution >= 0.6 is 0 Å². The van der Waals surface area contributed by atoms with Gasteiger partial charge in [0.1, 0.15) is 23.8 Å². The van der Waals surface area contributed by atoms with Gasteiger partial charge in [-0.25, -0.2) is 4.98 Å². The average Bonchev–Trinajstić information content (AvgIpc) is 3.58. The molecule has 0 spiro atoms. The van der Waals surface area contributed by atoms with Gasteiger partial charge < -0.3 is 46.1 Å². The van der Waals surface area contributed by atoms with E-state index < -0.39 is 30.2 Å². The summed E-state index contributed by atoms with van der Waals surface area (Å²) < 4.78 is 47.5. The molecule has 338 valence electrons. The lowest BCUT2D eigenvalue weighted by Gasteiger charge is -2.50. The number of nitrogens with two attached hydrogens (primary N) is 1. The van der Waals surface area contributed by atoms with Crippen molar-refractivity contribution in [2.45, 2.75) is 120 Å². The lowest BCUT2D eigenvalue weighted by molar-refractivity contribution is -0.141. The minimum atomic E-state index is -4.47. The van der Waals surface area contributed by atoms with Crippen LogP contribution in [0.15, 0.2) is 30.6 Å². The van der Waals surface area contributed by atoms with E-state index in [1.807, 2.05) is 12.1 Å². The summed E-state index contributed by atoms with van der Waals surface area (Å²) in [6.45, 7) is 8.20. The first kappa shape index (κ1) is 45.4. The van der Waals surface area contributed by atoms with Crippen molar-refractivity contribution in [3.05, 3.63) is 47.4 Å². The first-order chi connectivity index (χ1) is 29.2. The van der Waals surface area contributed by atoms with E-state index in [4.69, 9.17) is 15.2 Å². The summed E-state index contributed by atoms with van der Waals surface area (Å²) in [7, 11) is 0. The number of phenols is 1. The molecule has 3 aliphatic carbocycles. The number of carbonyl (C=O) groups excluding carboxylic acids is 2. The van der Waals surface area contributed by atoms with Crippen LogP contribution in [0.1, 0.15) is 93.9 Å². The molecule has 8 unspecified atom stereocenters. The molecular formula is C44H64F3N7O7. The number of aryl methyl sites for hydroxylation is 1. The molecule has 4 heterocycles. The molecule has 17 heteroatoms. The predicted octanol–water partition coefficient (Wildman–Crippen LogP) is 3.63. The van der Waals surface area contributed by atoms with Gasteiger partial charge in [0.25, 0.3) is 0 Å². The number of phenolic OH excluding ortho intramolecular Hbond substituents is 1. The topological polar surface area (TPSA) is 196 Å². The molecule has 1 aromatic heterocycles. The maximum Gasteiger partial charge on any atom is 0.434 e. The summed E-state index contributed by atoms with van der Waals surface area (Å²) in [5, 5.41) is 36.0. The number of ether oxygens (including phenoxy) is 2. The number of nitrogen functional groups attached to an aromatic ring is 1. The van der Waals surface area contributed by atoms with Gasteiger partial charge in [-0.05, 0) is 130 Å². The summed E-state index contributed by atoms with van der Waals surface area (Å²) in [5.41, 5.74) is 6.91. The van der Waals surface area contributed by atoms with Crippen molar-refractivity contribution < 1.29 is 47.6 Å². The van der Waals surface area contributed by atoms with Gasteiger partial charge in [0.2, 0.25) is 11.8 Å². The quantitative estimate of drug-likeness (QED) is 0.190. The number of alkyl halides is 3. The lowest BCUT2D eigenvalue weighted by Crippen LogP contribution is -2.52. The normalized spacial score (nSPS) is 31.2. The summed E-state index contributed by atoms with van der Waals surface area (Å²) in [6, 6.07) is 6.50. The van der Waals surface area contributed by atoms with Gasteiger partial charge >= 0.3 is 6.18 Å². The third-order valence-electron chi connectivity index (χ3n) is 14.6. The van der Waals surface area contributed by atoms with E-state index in [0.717, 1.165) is 70.9 Å². The fourth-order valence-corrected chi connectivity index (χ4v) is 11.3. The molecule has 61 heavy (non-hydrogen) atoms. The van der Waals surface area contributed by atoms with Crippen LogP contribution in [0.4, 0.5) is 19.0 Å². The molecule has 7 N–H and O–H groups in total. The summed E-state index contributed by atoms with van der Waals surface area (Å²) in [5.74, 6) is 2.17. The zero-order valence-electron chi connectivity index (χ0n) is 35.2. The molecule has 2 amide bonds. The van der Waals surface area contributed by atoms with Crippen molar-refractivity contribution in [1.82, 2.24) is 30.4 Å². The van der Waals surface area contributed by atoms with Crippen LogP contribution in [0.5, 0.6) is 5.75 Å². The standard InChI is InChI=1S/C39H60N4O7.C5H4F3N3/c1-39-14-8-30-29-5-3-28(44)22-26(29)2-4-31(30)32(39)6-7-35(39)50-21-15-40-36(46)24-42-16-11-27(12-17-42)43-18-9-25(10-19-43)38(48)41-23-34-37(47)33(45)13-20-49-34;6-5(7,8)3-1-10-2-4(9)11-3/h3,5,22,25,27,30-35,37,44-45,47H,2,4,6-21,23-24H2,1H3,(H,40,46)(H,41,48);1-2H,(H2,9,11). The Hall–Kier alpha value is -3.61. The number of carbonyl (C=O) groups is 2. The number of fused-ring (bicyclic) bond motifs is 5. The third-order valence-corrected chi connectivity index (χ3v) is 14.6. The molecule has 1 aromatic carbocycles. The third kappa shape index (κ3) is 11.0. The molecule has 2 aromatic rings. The number of nitrogens with zero attached hydrogens (tertiary/aromatic N) is 4. The van der Waals surface area contributed by atoms with Crippen molar-refractivity contribution in [2.24, 2.45) is 23.2 Å². The fraction of sp³-hybridized carbons (Fsp3) is 0.727. The highest BCUT2D eigenvalue weighted by Crippen LogP contribution is 2.61. The molecule has 2 saturated carbocycles. The van der Waals surface area contributed by atoms with Crippen LogP contribution in [0.3, 0.4) is 0 Å². The van der Waals surface area contributed by atoms with Crippen LogP contribution in [0.25, 0.3) is 0 Å². The van der Waals surface area contributed by atoms with E-state index in [9.17, 15) is 38.1 Å². The zero-order valence-corrected chi connectivity index (χ0v) is 35.2. The Morgan fingerprint density at radius 1 is 1.00 bits per heavy atom. The van der Waals surface area contributed by atoms with E-state index in [2.05, 4.69) is 43.4 Å². The molecule has 8 atom stereocenters. The van der Waals surface area contributed by atoms with Crippen molar-refractivity contribution in [1.29, 1.82) is 0 Å². The van der Waals surface area contributed by atoms with Crippen molar-refractivity contribution in [2.75, 3.05) is 64.8 Å². The number of likely N-dealkylation sites (tertiary alicyclic amines) is 2. The lowest BCUT2D eigenvalue weighted by atomic mass is 9.55. The Kier molecular flexibility index (Phi) is 14.8. The summed E-state index contributed by atoms with van der Waals surface area (Å²) in [6.07, 6.45) is 6.20. The SMILES string of the molecule is CC12CCC3c4ccc(O)cc4CCC3C1CCC2OCCNC(=O)CN1CCC(N2CCC(C(=O)NCC3OCCC(O)C3O)CC2)CC1.Nc1cncc(C(F)(F)F)n1. The summed E-state index contributed by atoms with van der Waals surface area (Å²) >= 11 is 0. The number of anilines is 1. The van der Waals surface area contributed by atoms with Gasteiger partial charge in [0.15, 0.2) is 5.69 Å². The largest absolute Gasteiger partial charge is 0.508 e. The molecule has 14 nitrogen and oxygen atoms in total. The van der Waals surface area contributed by atoms with Gasteiger partial charge in [-0.3, -0.25) is 19.5 Å². The molecule has 0 radical (unpaired) electrons. The zero-order chi connectivity index (χ0) is 43.3. The molecule has 3 aliphatic heterocycles. The Morgan fingerprint density at radius 3 is 2.49 bits per heavy atom. The second-order valence-electron chi connectivity index (χ2n) is 18.3. The van der Waals surface area contributed by atoms with Crippen LogP contribution < -0.4 is 16.4 Å². The minimum Gasteiger partial charge on any atom is -0.508 e. The number of hydrogen-bond donors (Lipinski definition) is 6. The maximum atomic E-state index is 12.8. The number of halogens is 3. The Morgan fingerprint density at radius 2 is 1.77 bits per heavy atom. The van der Waals surface area contributed by atoms with Gasteiger partial charge in [0.05, 0.1) is 37.8 Å². The Labute approximate surface area is 356 Å². The van der Waals surface area contributed by atoms with Gasteiger partial charge in [-0.15, -0.1) is 0 Å². The maximum absolute atomic E-state index is 12.8. The van der Waals surface area contributed by atoms with Crippen molar-refractivity contribution in [3.8, 4) is 5.75 Å². The molecule has 3 saturated heterocycles. The van der Waals surface area contributed by atoms with E-state index in [0.29, 0.717) is 68.5 Å². The molecule has 8 rings (SSSR count). The number of aliphatic hydroxyl groups is 2. The summed E-state index contributed by atoms with van der Waals surface area (Å²) in [4.78, 5) is 36.7. The predicted molar refractivity (Wildman–Crippen MR) is 220 cm³/mol. The fourth-order valence-electron chi connectivity index (χ4n) is 11.3. The number of aromatic hydroxyl groups is 1. The van der Waals surface area contributed by atoms with Crippen molar-refractivity contribution in [3.63, 3.8) is 0 Å². The van der Waals surface area contributed by atoms with Gasteiger partial charge in [-0.1, -0.05) is 13.0 Å². The van der Waals surface area contributed by atoms with Crippen LogP contribution in [0.2, 0.25) is 0 Å². The number of amides is 2. The van der Waals surface area contributed by atoms with Gasteiger partial charge in [0, 0.05) is 44.7 Å². The van der Waals surface area contributed by atoms with E-state index in [1.165, 1.54) is 36.8 Å². The van der Waals surface area contributed by atoms with Crippen molar-refractivity contribution >= 4 is 17.6 Å². The Bertz CT molecular complexity index is 1790. The van der Waals surface area contributed by atoms with E-state index >= 15 is 0 Å². The van der Waals surface area contributed by atoms with E-state index in [-0.39, 0.29) is 41.6 Å². The van der Waals surface area contributed by atoms with Crippen LogP contribution in [0, 0.1) is 23.2 Å². The van der Waals surface area contributed by atoms with Gasteiger partial charge in [-0.2, -0.15) is 13.2 Å². The smallest absolute Gasteiger partial charge is 0.434 e. The second kappa shape index (κ2) is 19.8. The number of rotatable bonds is 10. The second-order valence-corrected chi connectivity index (χ2v) is 18.3. The number of nitrogens with one attached hydrogen (secondary N) is 2. The number of piperidine rings is 2. The number of hydrogen-bond acceptors (Lipinski definition) is 12. The molecular weight excluding hydrogens is 796 g/mol. The number of aromatic nitrogens is 2. The van der Waals surface area contributed by atoms with Crippen LogP contribution in [-0.2, 0) is 31.7 Å². The Balaban J connectivity index is 0.000000445. The first-order valence-corrected chi connectivity index (χ1v) is 22.3. The first-order valence-electron chi connectivity index (χ1n) is 22.3. The van der Waals surface area contributed by atoms with E-state index in [1.54, 1.807) is 0 Å². The highest BCUT2D eigenvalue weighted by atomic mass is 19.4.